The fourth-order valence-electron chi connectivity index (χ4n) is 3.46. The van der Waals surface area contributed by atoms with Gasteiger partial charge < -0.3 is 19.9 Å². The van der Waals surface area contributed by atoms with E-state index in [9.17, 15) is 14.7 Å². The number of piperidine rings is 1. The number of likely N-dealkylation sites (tertiary alicyclic amines) is 2. The number of carboxylic acid groups (broad SMARTS) is 1. The van der Waals surface area contributed by atoms with Crippen LogP contribution in [-0.4, -0.2) is 70.0 Å². The minimum atomic E-state index is -0.838. The highest BCUT2D eigenvalue weighted by atomic mass is 16.4. The van der Waals surface area contributed by atoms with Crippen LogP contribution in [0.5, 0.6) is 0 Å². The maximum Gasteiger partial charge on any atom is 0.313 e. The zero-order chi connectivity index (χ0) is 14.3. The number of nitrogens with zero attached hydrogens (tertiary/aromatic N) is 3. The van der Waals surface area contributed by atoms with Crippen LogP contribution < -0.4 is 0 Å². The van der Waals surface area contributed by atoms with Gasteiger partial charge in [0.05, 0.1) is 0 Å². The number of amides is 1. The molecule has 0 aromatic carbocycles. The number of carbonyl (C=O) groups is 2. The number of aromatic amines is 1. The number of fused-ring (bicyclic) bond motifs is 1. The van der Waals surface area contributed by atoms with Gasteiger partial charge in [-0.25, -0.2) is 4.98 Å². The first-order chi connectivity index (χ1) is 9.53. The van der Waals surface area contributed by atoms with E-state index < -0.39 is 11.4 Å². The van der Waals surface area contributed by atoms with E-state index in [0.717, 1.165) is 13.0 Å². The molecule has 0 radical (unpaired) electrons. The Labute approximate surface area is 116 Å². The number of aliphatic carboxylic acids is 1. The molecule has 2 aliphatic rings. The van der Waals surface area contributed by atoms with E-state index in [4.69, 9.17) is 0 Å². The van der Waals surface area contributed by atoms with Crippen LogP contribution in [0.25, 0.3) is 0 Å². The molecule has 2 saturated heterocycles. The molecule has 0 bridgehead atoms. The molecule has 7 nitrogen and oxygen atoms in total. The zero-order valence-electron chi connectivity index (χ0n) is 11.4. The van der Waals surface area contributed by atoms with Crippen LogP contribution in [0, 0.1) is 11.3 Å². The lowest BCUT2D eigenvalue weighted by molar-refractivity contribution is -0.153. The predicted molar refractivity (Wildman–Crippen MR) is 70.2 cm³/mol. The second-order valence-corrected chi connectivity index (χ2v) is 5.81. The summed E-state index contributed by atoms with van der Waals surface area (Å²) in [6, 6.07) is 0. The Hall–Kier alpha value is -1.89. The van der Waals surface area contributed by atoms with Crippen molar-refractivity contribution in [3.8, 4) is 0 Å². The Kier molecular flexibility index (Phi) is 3.01. The van der Waals surface area contributed by atoms with Crippen molar-refractivity contribution in [3.05, 3.63) is 18.2 Å². The summed E-state index contributed by atoms with van der Waals surface area (Å²) in [7, 11) is 1.93. The first-order valence-corrected chi connectivity index (χ1v) is 6.73. The van der Waals surface area contributed by atoms with Gasteiger partial charge in [-0.1, -0.05) is 0 Å². The maximum absolute atomic E-state index is 12.3. The van der Waals surface area contributed by atoms with Gasteiger partial charge in [0.25, 0.3) is 5.91 Å². The number of H-pyrrole nitrogens is 1. The van der Waals surface area contributed by atoms with Crippen LogP contribution in [0.15, 0.2) is 12.4 Å². The molecule has 0 unspecified atom stereocenters. The first-order valence-electron chi connectivity index (χ1n) is 6.73. The fraction of sp³-hybridized carbons (Fsp3) is 0.615. The summed E-state index contributed by atoms with van der Waals surface area (Å²) in [5.74, 6) is -0.718. The lowest BCUT2D eigenvalue weighted by atomic mass is 9.73. The number of carboxylic acids is 1. The zero-order valence-corrected chi connectivity index (χ0v) is 11.4. The molecule has 1 aromatic heterocycles. The average Bonchev–Trinajstić information content (AvgIpc) is 3.05. The molecular weight excluding hydrogens is 260 g/mol. The monoisotopic (exact) mass is 278 g/mol. The van der Waals surface area contributed by atoms with Crippen molar-refractivity contribution in [3.63, 3.8) is 0 Å². The summed E-state index contributed by atoms with van der Waals surface area (Å²) in [5.41, 5.74) is -0.838. The first kappa shape index (κ1) is 13.1. The molecule has 20 heavy (non-hydrogen) atoms. The second kappa shape index (κ2) is 4.59. The Morgan fingerprint density at radius 1 is 1.50 bits per heavy atom. The minimum absolute atomic E-state index is 0.0233. The molecule has 3 rings (SSSR count). The van der Waals surface area contributed by atoms with Gasteiger partial charge in [0, 0.05) is 32.0 Å². The largest absolute Gasteiger partial charge is 0.481 e. The van der Waals surface area contributed by atoms with Gasteiger partial charge in [0.1, 0.15) is 5.41 Å². The van der Waals surface area contributed by atoms with Gasteiger partial charge in [-0.3, -0.25) is 9.59 Å². The van der Waals surface area contributed by atoms with E-state index in [0.29, 0.717) is 13.1 Å². The third kappa shape index (κ3) is 1.89. The van der Waals surface area contributed by atoms with Crippen LogP contribution in [0.4, 0.5) is 0 Å². The predicted octanol–water partition coefficient (Wildman–Crippen LogP) is -0.112. The third-order valence-corrected chi connectivity index (χ3v) is 4.52. The van der Waals surface area contributed by atoms with Gasteiger partial charge in [-0.2, -0.15) is 0 Å². The molecule has 1 aromatic rings. The summed E-state index contributed by atoms with van der Waals surface area (Å²) in [4.78, 5) is 34.5. The Morgan fingerprint density at radius 3 is 2.95 bits per heavy atom. The number of rotatable bonds is 2. The topological polar surface area (TPSA) is 89.5 Å². The number of hydrogen-bond acceptors (Lipinski definition) is 4. The fourth-order valence-corrected chi connectivity index (χ4v) is 3.46. The lowest BCUT2D eigenvalue weighted by Gasteiger charge is -2.39. The summed E-state index contributed by atoms with van der Waals surface area (Å²) in [6.45, 7) is 2.13. The smallest absolute Gasteiger partial charge is 0.313 e. The molecule has 7 heteroatoms. The minimum Gasteiger partial charge on any atom is -0.481 e. The van der Waals surface area contributed by atoms with Gasteiger partial charge >= 0.3 is 5.97 Å². The molecule has 108 valence electrons. The van der Waals surface area contributed by atoms with E-state index in [1.807, 2.05) is 11.9 Å². The molecule has 0 aliphatic carbocycles. The van der Waals surface area contributed by atoms with Crippen LogP contribution >= 0.6 is 0 Å². The molecule has 0 saturated carbocycles. The Morgan fingerprint density at radius 2 is 2.30 bits per heavy atom. The SMILES string of the molecule is CN1CC[C@H]2CN(C(=O)c3ncc[nH]3)C[C@@]2(C(=O)O)C1. The summed E-state index contributed by atoms with van der Waals surface area (Å²) in [5, 5.41) is 9.66. The van der Waals surface area contributed by atoms with E-state index in [1.165, 1.54) is 6.20 Å². The normalized spacial score (nSPS) is 30.2. The molecular formula is C13H18N4O3. The van der Waals surface area contributed by atoms with Gasteiger partial charge in [-0.15, -0.1) is 0 Å². The van der Waals surface area contributed by atoms with Gasteiger partial charge in [0.15, 0.2) is 5.82 Å². The van der Waals surface area contributed by atoms with Crippen molar-refractivity contribution in [2.75, 3.05) is 33.2 Å². The second-order valence-electron chi connectivity index (χ2n) is 5.81. The average molecular weight is 278 g/mol. The molecule has 0 spiro atoms. The quantitative estimate of drug-likeness (QED) is 0.788. The van der Waals surface area contributed by atoms with E-state index in [-0.39, 0.29) is 24.2 Å². The molecule has 2 fully saturated rings. The third-order valence-electron chi connectivity index (χ3n) is 4.52. The van der Waals surface area contributed by atoms with E-state index in [1.54, 1.807) is 11.1 Å². The van der Waals surface area contributed by atoms with Crippen molar-refractivity contribution in [1.29, 1.82) is 0 Å². The van der Waals surface area contributed by atoms with Crippen molar-refractivity contribution in [2.45, 2.75) is 6.42 Å². The highest BCUT2D eigenvalue weighted by Crippen LogP contribution is 2.42. The van der Waals surface area contributed by atoms with Crippen LogP contribution in [0.2, 0.25) is 0 Å². The highest BCUT2D eigenvalue weighted by molar-refractivity contribution is 5.91. The Balaban J connectivity index is 1.85. The van der Waals surface area contributed by atoms with Crippen LogP contribution in [-0.2, 0) is 4.79 Å². The van der Waals surface area contributed by atoms with E-state index >= 15 is 0 Å². The number of carbonyl (C=O) groups excluding carboxylic acids is 1. The number of nitrogens with one attached hydrogen (secondary N) is 1. The maximum atomic E-state index is 12.3. The van der Waals surface area contributed by atoms with Crippen LogP contribution in [0.3, 0.4) is 0 Å². The Bertz CT molecular complexity index is 530. The molecule has 2 atom stereocenters. The summed E-state index contributed by atoms with van der Waals surface area (Å²) in [6.07, 6.45) is 3.93. The van der Waals surface area contributed by atoms with Crippen LogP contribution in [0.1, 0.15) is 17.0 Å². The highest BCUT2D eigenvalue weighted by Gasteiger charge is 2.55. The van der Waals surface area contributed by atoms with Crippen molar-refractivity contribution < 1.29 is 14.7 Å². The standard InChI is InChI=1S/C13H18N4O3/c1-16-5-2-9-6-17(8-13(9,7-16)12(19)20)11(18)10-14-3-4-15-10/h3-4,9H,2,5-8H2,1H3,(H,14,15)(H,19,20)/t9-,13-/m0/s1. The molecule has 2 aliphatic heterocycles. The van der Waals surface area contributed by atoms with Crippen molar-refractivity contribution in [2.24, 2.45) is 11.3 Å². The van der Waals surface area contributed by atoms with E-state index in [2.05, 4.69) is 9.97 Å². The van der Waals surface area contributed by atoms with Crippen molar-refractivity contribution >= 4 is 11.9 Å². The number of imidazole rings is 1. The molecule has 2 N–H and O–H groups in total. The van der Waals surface area contributed by atoms with Gasteiger partial charge in [-0.05, 0) is 25.9 Å². The number of aromatic nitrogens is 2. The molecule has 1 amide bonds. The lowest BCUT2D eigenvalue weighted by Crippen LogP contribution is -2.52. The molecule has 3 heterocycles. The summed E-state index contributed by atoms with van der Waals surface area (Å²) < 4.78 is 0. The van der Waals surface area contributed by atoms with Gasteiger partial charge in [0.2, 0.25) is 0 Å². The number of hydrogen-bond donors (Lipinski definition) is 2. The summed E-state index contributed by atoms with van der Waals surface area (Å²) >= 11 is 0. The van der Waals surface area contributed by atoms with Crippen molar-refractivity contribution in [1.82, 2.24) is 19.8 Å².